The van der Waals surface area contributed by atoms with Gasteiger partial charge in [-0.15, -0.1) is 0 Å². The molecule has 3 atom stereocenters. The van der Waals surface area contributed by atoms with E-state index in [0.717, 1.165) is 6.07 Å². The van der Waals surface area contributed by atoms with E-state index in [1.807, 2.05) is 33.8 Å². The maximum absolute atomic E-state index is 15.1. The van der Waals surface area contributed by atoms with Gasteiger partial charge in [-0.1, -0.05) is 41.9 Å². The van der Waals surface area contributed by atoms with Crippen LogP contribution in [0.4, 0.5) is 9.18 Å². The highest BCUT2D eigenvalue weighted by atomic mass is 35.5. The first-order valence-electron chi connectivity index (χ1n) is 11.7. The zero-order valence-electron chi connectivity index (χ0n) is 20.0. The van der Waals surface area contributed by atoms with Gasteiger partial charge in [0.2, 0.25) is 0 Å². The summed E-state index contributed by atoms with van der Waals surface area (Å²) in [7, 11) is -1.05. The molecule has 0 aliphatic carbocycles. The Labute approximate surface area is 208 Å². The molecule has 7 nitrogen and oxygen atoms in total. The number of hydrogen-bond acceptors (Lipinski definition) is 5. The number of halogens is 2. The van der Waals surface area contributed by atoms with E-state index in [1.54, 1.807) is 24.3 Å². The monoisotopic (exact) mass is 503 g/mol. The van der Waals surface area contributed by atoms with Crippen molar-refractivity contribution < 1.29 is 33.4 Å². The molecule has 3 heterocycles. The molecule has 1 unspecified atom stereocenters. The number of benzene rings is 2. The fourth-order valence-electron chi connectivity index (χ4n) is 5.45. The lowest BCUT2D eigenvalue weighted by Crippen LogP contribution is -2.54. The van der Waals surface area contributed by atoms with Crippen LogP contribution in [0, 0.1) is 5.82 Å². The Hall–Kier alpha value is -2.33. The molecule has 186 valence electrons. The molecule has 2 aromatic carbocycles. The highest BCUT2D eigenvalue weighted by Crippen LogP contribution is 2.54. The van der Waals surface area contributed by atoms with Crippen LogP contribution in [0.25, 0.3) is 0 Å². The van der Waals surface area contributed by atoms with Gasteiger partial charge in [-0.05, 0) is 40.5 Å². The highest BCUT2D eigenvalue weighted by molar-refractivity contribution is 6.66. The molecular weight excluding hydrogens is 476 g/mol. The molecule has 10 heteroatoms. The van der Waals surface area contributed by atoms with Crippen molar-refractivity contribution in [2.24, 2.45) is 0 Å². The van der Waals surface area contributed by atoms with Gasteiger partial charge in [-0.3, -0.25) is 0 Å². The van der Waals surface area contributed by atoms with E-state index in [2.05, 4.69) is 0 Å². The van der Waals surface area contributed by atoms with Crippen molar-refractivity contribution in [3.05, 3.63) is 58.4 Å². The summed E-state index contributed by atoms with van der Waals surface area (Å²) in [6.07, 6.45) is -1.40. The number of aliphatic hydroxyl groups excluding tert-OH is 1. The first kappa shape index (κ1) is 24.4. The van der Waals surface area contributed by atoms with Crippen molar-refractivity contribution in [1.82, 2.24) is 4.90 Å². The van der Waals surface area contributed by atoms with E-state index in [1.165, 1.54) is 4.90 Å². The van der Waals surface area contributed by atoms with Crippen molar-refractivity contribution in [2.45, 2.75) is 69.5 Å². The predicted octanol–water partition coefficient (Wildman–Crippen LogP) is 4.24. The van der Waals surface area contributed by atoms with E-state index in [9.17, 15) is 15.0 Å². The Morgan fingerprint density at radius 2 is 1.80 bits per heavy atom. The Kier molecular flexibility index (Phi) is 5.64. The van der Waals surface area contributed by atoms with Gasteiger partial charge in [-0.2, -0.15) is 0 Å². The number of carbonyl (C=O) groups is 1. The standard InChI is InChI=1S/C25H28BClFNO6/c1-23(2)24(3,4)35-26(34-23)19-18-16(13-15(28)20(19)27)33-25(21(18)30,14-9-6-5-7-10-14)17-11-8-12-29(17)22(31)32/h5-7,9-10,13,17,21,30H,8,11-12H2,1-4H3,(H,31,32)/t17?,21-,25-/m0/s1. The number of aliphatic hydroxyl groups is 1. The number of carboxylic acid groups (broad SMARTS) is 1. The van der Waals surface area contributed by atoms with Gasteiger partial charge in [0.1, 0.15) is 17.7 Å². The van der Waals surface area contributed by atoms with E-state index < -0.39 is 48.0 Å². The van der Waals surface area contributed by atoms with E-state index in [4.69, 9.17) is 25.6 Å². The molecule has 2 fully saturated rings. The third kappa shape index (κ3) is 3.47. The second kappa shape index (κ2) is 8.10. The molecule has 0 bridgehead atoms. The highest BCUT2D eigenvalue weighted by Gasteiger charge is 2.61. The van der Waals surface area contributed by atoms with Gasteiger partial charge in [0, 0.05) is 29.2 Å². The zero-order valence-corrected chi connectivity index (χ0v) is 20.8. The molecule has 2 saturated heterocycles. The van der Waals surface area contributed by atoms with Crippen LogP contribution in [0.1, 0.15) is 57.8 Å². The van der Waals surface area contributed by atoms with Gasteiger partial charge in [0.15, 0.2) is 5.60 Å². The van der Waals surface area contributed by atoms with Gasteiger partial charge in [-0.25, -0.2) is 9.18 Å². The van der Waals surface area contributed by atoms with Crippen molar-refractivity contribution in [2.75, 3.05) is 6.54 Å². The lowest BCUT2D eigenvalue weighted by molar-refractivity contribution is -0.0797. The van der Waals surface area contributed by atoms with Gasteiger partial charge >= 0.3 is 13.2 Å². The third-order valence-corrected chi connectivity index (χ3v) is 8.31. The number of fused-ring (bicyclic) bond motifs is 1. The predicted molar refractivity (Wildman–Crippen MR) is 129 cm³/mol. The lowest BCUT2D eigenvalue weighted by Gasteiger charge is -2.41. The van der Waals surface area contributed by atoms with Crippen LogP contribution < -0.4 is 10.2 Å². The molecule has 0 aromatic heterocycles. The summed E-state index contributed by atoms with van der Waals surface area (Å²) in [5.74, 6) is -0.655. The molecule has 0 spiro atoms. The van der Waals surface area contributed by atoms with Crippen molar-refractivity contribution in [3.8, 4) is 5.75 Å². The molecule has 1 amide bonds. The van der Waals surface area contributed by atoms with Crippen LogP contribution in [-0.4, -0.2) is 52.1 Å². The smallest absolute Gasteiger partial charge is 0.477 e. The number of nitrogens with zero attached hydrogens (tertiary/aromatic N) is 1. The number of likely N-dealkylation sites (tertiary alicyclic amines) is 1. The molecule has 2 N–H and O–H groups in total. The fraction of sp³-hybridized carbons (Fsp3) is 0.480. The number of amides is 1. The first-order chi connectivity index (χ1) is 16.4. The van der Waals surface area contributed by atoms with Crippen molar-refractivity contribution in [1.29, 1.82) is 0 Å². The minimum absolute atomic E-state index is 0.0882. The van der Waals surface area contributed by atoms with Crippen LogP contribution in [-0.2, 0) is 14.9 Å². The molecule has 2 aromatic rings. The summed E-state index contributed by atoms with van der Waals surface area (Å²) in [6, 6.07) is 9.39. The third-order valence-electron chi connectivity index (χ3n) is 7.93. The molecule has 5 rings (SSSR count). The largest absolute Gasteiger partial charge is 0.497 e. The summed E-state index contributed by atoms with van der Waals surface area (Å²) in [5.41, 5.74) is -1.98. The van der Waals surface area contributed by atoms with Crippen molar-refractivity contribution in [3.63, 3.8) is 0 Å². The molecule has 0 saturated carbocycles. The van der Waals surface area contributed by atoms with Crippen LogP contribution in [0.2, 0.25) is 5.02 Å². The van der Waals surface area contributed by atoms with Gasteiger partial charge in [0.05, 0.1) is 22.3 Å². The van der Waals surface area contributed by atoms with Crippen LogP contribution in [0.5, 0.6) is 5.75 Å². The van der Waals surface area contributed by atoms with E-state index >= 15 is 4.39 Å². The minimum Gasteiger partial charge on any atom is -0.477 e. The SMILES string of the molecule is CC1(C)OB(c2c(Cl)c(F)cc3c2[C@H](O)[C@](c2ccccc2)(C2CCCN2C(=O)O)O3)OC1(C)C. The van der Waals surface area contributed by atoms with Gasteiger partial charge < -0.3 is 29.2 Å². The summed E-state index contributed by atoms with van der Waals surface area (Å²) in [6.45, 7) is 7.77. The maximum Gasteiger partial charge on any atom is 0.497 e. The van der Waals surface area contributed by atoms with E-state index in [-0.39, 0.29) is 21.8 Å². The Balaban J connectivity index is 1.71. The number of ether oxygens (including phenoxy) is 1. The van der Waals surface area contributed by atoms with Crippen LogP contribution in [0.3, 0.4) is 0 Å². The second-order valence-electron chi connectivity index (χ2n) is 10.4. The topological polar surface area (TPSA) is 88.5 Å². The van der Waals surface area contributed by atoms with Gasteiger partial charge in [0.25, 0.3) is 0 Å². The molecule has 0 radical (unpaired) electrons. The Morgan fingerprint density at radius 1 is 1.17 bits per heavy atom. The summed E-state index contributed by atoms with van der Waals surface area (Å²) < 4.78 is 33.9. The lowest BCUT2D eigenvalue weighted by atomic mass is 9.71. The average molecular weight is 504 g/mol. The Morgan fingerprint density at radius 3 is 2.40 bits per heavy atom. The second-order valence-corrected chi connectivity index (χ2v) is 10.8. The number of hydrogen-bond donors (Lipinski definition) is 2. The minimum atomic E-state index is -1.51. The quantitative estimate of drug-likeness (QED) is 0.609. The van der Waals surface area contributed by atoms with E-state index in [0.29, 0.717) is 24.9 Å². The first-order valence-corrected chi connectivity index (χ1v) is 12.1. The van der Waals surface area contributed by atoms with Crippen molar-refractivity contribution >= 4 is 30.3 Å². The maximum atomic E-state index is 15.1. The Bertz CT molecular complexity index is 1160. The summed E-state index contributed by atoms with van der Waals surface area (Å²) in [4.78, 5) is 13.4. The summed E-state index contributed by atoms with van der Waals surface area (Å²) >= 11 is 6.48. The molecule has 35 heavy (non-hydrogen) atoms. The number of rotatable bonds is 3. The fourth-order valence-corrected chi connectivity index (χ4v) is 5.69. The zero-order chi connectivity index (χ0) is 25.3. The molecule has 3 aliphatic heterocycles. The molecule has 3 aliphatic rings. The van der Waals surface area contributed by atoms with Crippen LogP contribution in [0.15, 0.2) is 36.4 Å². The molecular formula is C25H28BClFNO6. The average Bonchev–Trinajstić information content (AvgIpc) is 3.44. The normalized spacial score (nSPS) is 28.8. The summed E-state index contributed by atoms with van der Waals surface area (Å²) in [5, 5.41) is 21.7. The van der Waals surface area contributed by atoms with Crippen LogP contribution >= 0.6 is 11.6 Å².